The smallest absolute Gasteiger partial charge is 0.293 e. The van der Waals surface area contributed by atoms with E-state index in [2.05, 4.69) is 10.0 Å². The number of rotatable bonds is 6. The largest absolute Gasteiger partial charge is 0.393 e. The van der Waals surface area contributed by atoms with Gasteiger partial charge in [0.2, 0.25) is 15.9 Å². The van der Waals surface area contributed by atoms with Crippen LogP contribution in [0.4, 0.5) is 11.4 Å². The second kappa shape index (κ2) is 6.30. The Balaban J connectivity index is 2.85. The van der Waals surface area contributed by atoms with E-state index in [4.69, 9.17) is 5.73 Å². The Labute approximate surface area is 115 Å². The molecule has 110 valence electrons. The lowest BCUT2D eigenvalue weighted by Gasteiger charge is -2.07. The number of nitrogens with zero attached hydrogens (tertiary/aromatic N) is 1. The van der Waals surface area contributed by atoms with Gasteiger partial charge in [0, 0.05) is 26.1 Å². The molecule has 9 nitrogen and oxygen atoms in total. The van der Waals surface area contributed by atoms with Gasteiger partial charge < -0.3 is 11.1 Å². The van der Waals surface area contributed by atoms with Crippen LogP contribution in [0.5, 0.6) is 0 Å². The van der Waals surface area contributed by atoms with Crippen LogP contribution < -0.4 is 15.8 Å². The van der Waals surface area contributed by atoms with Gasteiger partial charge >= 0.3 is 0 Å². The summed E-state index contributed by atoms with van der Waals surface area (Å²) >= 11 is 0. The van der Waals surface area contributed by atoms with Crippen LogP contribution in [0.3, 0.4) is 0 Å². The van der Waals surface area contributed by atoms with Crippen LogP contribution in [-0.2, 0) is 14.8 Å². The molecule has 1 amide bonds. The Morgan fingerprint density at radius 1 is 1.40 bits per heavy atom. The van der Waals surface area contributed by atoms with Gasteiger partial charge in [-0.3, -0.25) is 14.9 Å². The maximum atomic E-state index is 11.9. The minimum Gasteiger partial charge on any atom is -0.393 e. The minimum atomic E-state index is -3.89. The van der Waals surface area contributed by atoms with Gasteiger partial charge in [-0.25, -0.2) is 13.1 Å². The van der Waals surface area contributed by atoms with Gasteiger partial charge in [-0.05, 0) is 12.1 Å². The van der Waals surface area contributed by atoms with Gasteiger partial charge in [-0.15, -0.1) is 0 Å². The Hall–Kier alpha value is -2.20. The zero-order chi connectivity index (χ0) is 15.3. The number of benzene rings is 1. The van der Waals surface area contributed by atoms with Crippen molar-refractivity contribution < 1.29 is 18.1 Å². The molecule has 10 heteroatoms. The molecule has 1 aromatic rings. The van der Waals surface area contributed by atoms with E-state index >= 15 is 0 Å². The van der Waals surface area contributed by atoms with E-state index in [-0.39, 0.29) is 29.6 Å². The predicted molar refractivity (Wildman–Crippen MR) is 71.4 cm³/mol. The molecule has 0 unspecified atom stereocenters. The fourth-order valence-corrected chi connectivity index (χ4v) is 2.41. The topological polar surface area (TPSA) is 144 Å². The number of nitro benzene ring substituents is 1. The van der Waals surface area contributed by atoms with Gasteiger partial charge in [-0.1, -0.05) is 0 Å². The number of carbonyl (C=O) groups excluding carboxylic acids is 1. The summed E-state index contributed by atoms with van der Waals surface area (Å²) in [6.07, 6.45) is 0. The Morgan fingerprint density at radius 2 is 2.05 bits per heavy atom. The van der Waals surface area contributed by atoms with Crippen LogP contribution >= 0.6 is 0 Å². The fraction of sp³-hybridized carbons (Fsp3) is 0.300. The molecule has 0 aliphatic carbocycles. The fourth-order valence-electron chi connectivity index (χ4n) is 1.36. The lowest BCUT2D eigenvalue weighted by Crippen LogP contribution is -2.33. The highest BCUT2D eigenvalue weighted by Gasteiger charge is 2.19. The average molecular weight is 302 g/mol. The summed E-state index contributed by atoms with van der Waals surface area (Å²) in [6.45, 7) is 1.39. The third kappa shape index (κ3) is 4.17. The molecule has 0 aliphatic heterocycles. The lowest BCUT2D eigenvalue weighted by molar-refractivity contribution is -0.384. The quantitative estimate of drug-likeness (QED) is 0.282. The van der Waals surface area contributed by atoms with Crippen molar-refractivity contribution in [2.45, 2.75) is 11.8 Å². The third-order valence-electron chi connectivity index (χ3n) is 2.30. The number of anilines is 1. The van der Waals surface area contributed by atoms with Crippen molar-refractivity contribution in [2.75, 3.05) is 18.8 Å². The minimum absolute atomic E-state index is 0.0277. The monoisotopic (exact) mass is 302 g/mol. The van der Waals surface area contributed by atoms with E-state index in [1.807, 2.05) is 0 Å². The Kier molecular flexibility index (Phi) is 5.00. The number of nitro groups is 1. The molecular formula is C10H14N4O5S. The van der Waals surface area contributed by atoms with Gasteiger partial charge in [0.25, 0.3) is 5.69 Å². The van der Waals surface area contributed by atoms with Crippen molar-refractivity contribution in [3.8, 4) is 0 Å². The normalized spacial score (nSPS) is 11.1. The molecule has 0 spiro atoms. The summed E-state index contributed by atoms with van der Waals surface area (Å²) in [7, 11) is -3.89. The first-order chi connectivity index (χ1) is 9.24. The number of nitrogens with two attached hydrogens (primary N) is 1. The summed E-state index contributed by atoms with van der Waals surface area (Å²) < 4.78 is 26.0. The molecule has 0 saturated carbocycles. The highest BCUT2D eigenvalue weighted by atomic mass is 32.2. The molecule has 0 atom stereocenters. The Bertz CT molecular complexity index is 629. The van der Waals surface area contributed by atoms with Crippen LogP contribution in [0, 0.1) is 10.1 Å². The summed E-state index contributed by atoms with van der Waals surface area (Å²) in [5.74, 6) is -0.285. The van der Waals surface area contributed by atoms with E-state index in [0.29, 0.717) is 0 Å². The molecule has 0 aromatic heterocycles. The molecule has 4 N–H and O–H groups in total. The summed E-state index contributed by atoms with van der Waals surface area (Å²) in [5, 5.41) is 13.1. The molecule has 1 aromatic carbocycles. The van der Waals surface area contributed by atoms with Crippen LogP contribution in [0.15, 0.2) is 23.1 Å². The molecule has 0 saturated heterocycles. The summed E-state index contributed by atoms with van der Waals surface area (Å²) in [5.41, 5.74) is 4.79. The number of hydrogen-bond donors (Lipinski definition) is 3. The molecule has 0 radical (unpaired) electrons. The van der Waals surface area contributed by atoms with Gasteiger partial charge in [0.15, 0.2) is 0 Å². The van der Waals surface area contributed by atoms with Crippen LogP contribution in [0.25, 0.3) is 0 Å². The molecule has 0 heterocycles. The van der Waals surface area contributed by atoms with Crippen LogP contribution in [0.1, 0.15) is 6.92 Å². The maximum Gasteiger partial charge on any atom is 0.293 e. The van der Waals surface area contributed by atoms with Crippen molar-refractivity contribution in [3.05, 3.63) is 28.3 Å². The van der Waals surface area contributed by atoms with E-state index < -0.39 is 20.6 Å². The van der Waals surface area contributed by atoms with Gasteiger partial charge in [0.05, 0.1) is 9.82 Å². The lowest BCUT2D eigenvalue weighted by atomic mass is 10.3. The zero-order valence-electron chi connectivity index (χ0n) is 10.6. The highest BCUT2D eigenvalue weighted by Crippen LogP contribution is 2.24. The second-order valence-electron chi connectivity index (χ2n) is 3.86. The highest BCUT2D eigenvalue weighted by molar-refractivity contribution is 7.89. The Morgan fingerprint density at radius 3 is 2.60 bits per heavy atom. The maximum absolute atomic E-state index is 11.9. The predicted octanol–water partition coefficient (Wildman–Crippen LogP) is -0.409. The molecule has 0 aliphatic rings. The first-order valence-corrected chi connectivity index (χ1v) is 7.00. The van der Waals surface area contributed by atoms with Crippen LogP contribution in [0.2, 0.25) is 0 Å². The van der Waals surface area contributed by atoms with E-state index in [1.54, 1.807) is 0 Å². The van der Waals surface area contributed by atoms with Gasteiger partial charge in [0.1, 0.15) is 5.69 Å². The first-order valence-electron chi connectivity index (χ1n) is 5.52. The summed E-state index contributed by atoms with van der Waals surface area (Å²) in [4.78, 5) is 20.3. The van der Waals surface area contributed by atoms with Crippen molar-refractivity contribution >= 4 is 27.3 Å². The number of nitrogen functional groups attached to an aromatic ring is 1. The number of sulfonamides is 1. The van der Waals surface area contributed by atoms with E-state index in [0.717, 1.165) is 12.1 Å². The van der Waals surface area contributed by atoms with Gasteiger partial charge in [-0.2, -0.15) is 0 Å². The number of nitrogens with one attached hydrogen (secondary N) is 2. The number of amides is 1. The molecule has 0 bridgehead atoms. The zero-order valence-corrected chi connectivity index (χ0v) is 11.4. The SMILES string of the molecule is CC(=O)NCCNS(=O)(=O)c1ccc(N)c([N+](=O)[O-])c1. The van der Waals surface area contributed by atoms with Crippen molar-refractivity contribution in [1.82, 2.24) is 10.0 Å². The van der Waals surface area contributed by atoms with Crippen LogP contribution in [-0.4, -0.2) is 32.3 Å². The standard InChI is InChI=1S/C10H14N4O5S/c1-7(15)12-4-5-13-20(18,19)8-2-3-9(11)10(6-8)14(16)17/h2-3,6,13H,4-5,11H2,1H3,(H,12,15). The van der Waals surface area contributed by atoms with Crippen molar-refractivity contribution in [2.24, 2.45) is 0 Å². The summed E-state index contributed by atoms with van der Waals surface area (Å²) in [6, 6.07) is 3.21. The second-order valence-corrected chi connectivity index (χ2v) is 5.63. The van der Waals surface area contributed by atoms with Crippen molar-refractivity contribution in [1.29, 1.82) is 0 Å². The average Bonchev–Trinajstić information content (AvgIpc) is 2.34. The molecular weight excluding hydrogens is 288 g/mol. The van der Waals surface area contributed by atoms with Crippen molar-refractivity contribution in [3.63, 3.8) is 0 Å². The van der Waals surface area contributed by atoms with E-state index in [9.17, 15) is 23.3 Å². The molecule has 1 rings (SSSR count). The molecule has 20 heavy (non-hydrogen) atoms. The first kappa shape index (κ1) is 15.9. The number of hydrogen-bond acceptors (Lipinski definition) is 6. The molecule has 0 fully saturated rings. The number of carbonyl (C=O) groups is 1. The third-order valence-corrected chi connectivity index (χ3v) is 3.76. The van der Waals surface area contributed by atoms with E-state index in [1.165, 1.54) is 13.0 Å².